The van der Waals surface area contributed by atoms with Gasteiger partial charge in [0, 0.05) is 19.5 Å². The highest BCUT2D eigenvalue weighted by atomic mass is 31.2. The van der Waals surface area contributed by atoms with Crippen molar-refractivity contribution in [2.45, 2.75) is 20.3 Å². The Kier molecular flexibility index (Phi) is 6.25. The molecular formula is C8H18N3O4P. The predicted molar refractivity (Wildman–Crippen MR) is 61.1 cm³/mol. The summed E-state index contributed by atoms with van der Waals surface area (Å²) in [7, 11) is -4.14. The third-order valence-corrected chi connectivity index (χ3v) is 2.64. The molecule has 0 fully saturated rings. The topological polar surface area (TPSA) is 116 Å². The van der Waals surface area contributed by atoms with Crippen LogP contribution in [0, 0.1) is 0 Å². The van der Waals surface area contributed by atoms with Crippen LogP contribution < -0.4 is 5.73 Å². The first kappa shape index (κ1) is 15.1. The van der Waals surface area contributed by atoms with Gasteiger partial charge in [-0.15, -0.1) is 0 Å². The molecule has 0 aliphatic rings. The number of nitrogens with zero attached hydrogens (tertiary/aromatic N) is 2. The zero-order valence-electron chi connectivity index (χ0n) is 9.46. The van der Waals surface area contributed by atoms with E-state index in [4.69, 9.17) is 15.5 Å². The maximum absolute atomic E-state index is 11.6. The number of hydrogen-bond acceptors (Lipinski definition) is 3. The molecule has 0 heterocycles. The second-order valence-corrected chi connectivity index (χ2v) is 4.89. The van der Waals surface area contributed by atoms with Crippen molar-refractivity contribution in [2.75, 3.05) is 19.3 Å². The molecular weight excluding hydrogens is 233 g/mol. The zero-order chi connectivity index (χ0) is 12.8. The van der Waals surface area contributed by atoms with Crippen LogP contribution >= 0.6 is 7.60 Å². The van der Waals surface area contributed by atoms with E-state index in [0.717, 1.165) is 0 Å². The molecule has 0 unspecified atom stereocenters. The molecule has 0 rings (SSSR count). The Bertz CT molecular complexity index is 312. The number of aliphatic imine (C=N–C) groups is 1. The highest BCUT2D eigenvalue weighted by molar-refractivity contribution is 7.51. The van der Waals surface area contributed by atoms with Gasteiger partial charge in [0.15, 0.2) is 5.96 Å². The summed E-state index contributed by atoms with van der Waals surface area (Å²) >= 11 is 0. The second-order valence-electron chi connectivity index (χ2n) is 3.11. The fourth-order valence-corrected chi connectivity index (χ4v) is 1.57. The molecule has 0 radical (unpaired) electrons. The van der Waals surface area contributed by atoms with E-state index in [-0.39, 0.29) is 12.4 Å². The van der Waals surface area contributed by atoms with E-state index in [1.807, 2.05) is 0 Å². The van der Waals surface area contributed by atoms with Crippen molar-refractivity contribution in [1.29, 1.82) is 0 Å². The summed E-state index contributed by atoms with van der Waals surface area (Å²) in [5, 5.41) is 0. The van der Waals surface area contributed by atoms with Gasteiger partial charge in [0.2, 0.25) is 5.91 Å². The molecule has 0 bridgehead atoms. The van der Waals surface area contributed by atoms with Crippen molar-refractivity contribution < 1.29 is 19.1 Å². The van der Waals surface area contributed by atoms with E-state index in [2.05, 4.69) is 4.99 Å². The van der Waals surface area contributed by atoms with Gasteiger partial charge in [-0.3, -0.25) is 19.3 Å². The normalized spacial score (nSPS) is 12.6. The summed E-state index contributed by atoms with van der Waals surface area (Å²) in [6.45, 7) is 4.28. The standard InChI is InChI=1S/C8H18N3O4P/c1-3-10-8(9)11(4-2)7(12)5-6-16(13,14)15/h3-6H2,1-2H3,(H2,9,10)(H2,13,14,15). The Morgan fingerprint density at radius 1 is 1.44 bits per heavy atom. The van der Waals surface area contributed by atoms with Crippen LogP contribution in [-0.4, -0.2) is 45.8 Å². The summed E-state index contributed by atoms with van der Waals surface area (Å²) in [4.78, 5) is 33.9. The molecule has 0 aromatic rings. The van der Waals surface area contributed by atoms with Crippen LogP contribution in [0.2, 0.25) is 0 Å². The van der Waals surface area contributed by atoms with E-state index in [0.29, 0.717) is 13.1 Å². The van der Waals surface area contributed by atoms with Crippen LogP contribution in [0.5, 0.6) is 0 Å². The Morgan fingerprint density at radius 3 is 2.38 bits per heavy atom. The number of amides is 1. The monoisotopic (exact) mass is 251 g/mol. The number of nitrogens with two attached hydrogens (primary N) is 1. The number of rotatable bonds is 5. The van der Waals surface area contributed by atoms with E-state index < -0.39 is 19.7 Å². The first-order chi connectivity index (χ1) is 7.31. The predicted octanol–water partition coefficient (Wildman–Crippen LogP) is -0.263. The minimum Gasteiger partial charge on any atom is -0.369 e. The SMILES string of the molecule is CCN=C(N)N(CC)C(=O)CCP(=O)(O)O. The van der Waals surface area contributed by atoms with Gasteiger partial charge in [-0.2, -0.15) is 0 Å². The van der Waals surface area contributed by atoms with E-state index in [1.165, 1.54) is 4.90 Å². The van der Waals surface area contributed by atoms with Gasteiger partial charge in [0.05, 0.1) is 6.16 Å². The van der Waals surface area contributed by atoms with Crippen LogP contribution in [0.3, 0.4) is 0 Å². The quantitative estimate of drug-likeness (QED) is 0.353. The van der Waals surface area contributed by atoms with E-state index in [1.54, 1.807) is 13.8 Å². The average molecular weight is 251 g/mol. The van der Waals surface area contributed by atoms with Crippen LogP contribution in [-0.2, 0) is 9.36 Å². The Labute approximate surface area is 94.5 Å². The number of carbonyl (C=O) groups excluding carboxylic acids is 1. The number of carbonyl (C=O) groups is 1. The van der Waals surface area contributed by atoms with Crippen LogP contribution in [0.25, 0.3) is 0 Å². The van der Waals surface area contributed by atoms with Crippen molar-refractivity contribution in [3.63, 3.8) is 0 Å². The molecule has 0 saturated heterocycles. The summed E-state index contributed by atoms with van der Waals surface area (Å²) in [5.41, 5.74) is 5.54. The highest BCUT2D eigenvalue weighted by Gasteiger charge is 2.20. The van der Waals surface area contributed by atoms with Crippen molar-refractivity contribution >= 4 is 19.5 Å². The molecule has 0 spiro atoms. The fraction of sp³-hybridized carbons (Fsp3) is 0.750. The first-order valence-electron chi connectivity index (χ1n) is 4.96. The molecule has 8 heteroatoms. The molecule has 16 heavy (non-hydrogen) atoms. The molecule has 0 aliphatic heterocycles. The molecule has 94 valence electrons. The largest absolute Gasteiger partial charge is 0.369 e. The molecule has 4 N–H and O–H groups in total. The molecule has 0 atom stereocenters. The van der Waals surface area contributed by atoms with Gasteiger partial charge >= 0.3 is 7.60 Å². The summed E-state index contributed by atoms with van der Waals surface area (Å²) in [5.74, 6) is -0.346. The minimum atomic E-state index is -4.14. The molecule has 0 aliphatic carbocycles. The first-order valence-corrected chi connectivity index (χ1v) is 6.76. The Morgan fingerprint density at radius 2 is 2.00 bits per heavy atom. The summed E-state index contributed by atoms with van der Waals surface area (Å²) in [6, 6.07) is 0. The van der Waals surface area contributed by atoms with E-state index in [9.17, 15) is 9.36 Å². The lowest BCUT2D eigenvalue weighted by Crippen LogP contribution is -2.42. The molecule has 0 saturated carbocycles. The lowest BCUT2D eigenvalue weighted by atomic mass is 10.4. The molecule has 1 amide bonds. The number of guanidine groups is 1. The van der Waals surface area contributed by atoms with Gasteiger partial charge in [-0.1, -0.05) is 0 Å². The average Bonchev–Trinajstić information content (AvgIpc) is 2.15. The van der Waals surface area contributed by atoms with Gasteiger partial charge in [0.1, 0.15) is 0 Å². The lowest BCUT2D eigenvalue weighted by molar-refractivity contribution is -0.126. The second kappa shape index (κ2) is 6.62. The number of hydrogen-bond donors (Lipinski definition) is 3. The Balaban J connectivity index is 4.44. The summed E-state index contributed by atoms with van der Waals surface area (Å²) in [6.07, 6.45) is -0.709. The smallest absolute Gasteiger partial charge is 0.326 e. The van der Waals surface area contributed by atoms with E-state index >= 15 is 0 Å². The third kappa shape index (κ3) is 5.85. The van der Waals surface area contributed by atoms with Crippen molar-refractivity contribution in [1.82, 2.24) is 4.90 Å². The maximum atomic E-state index is 11.6. The summed E-state index contributed by atoms with van der Waals surface area (Å²) < 4.78 is 10.6. The van der Waals surface area contributed by atoms with Crippen molar-refractivity contribution in [3.05, 3.63) is 0 Å². The van der Waals surface area contributed by atoms with Crippen molar-refractivity contribution in [2.24, 2.45) is 10.7 Å². The maximum Gasteiger partial charge on any atom is 0.326 e. The van der Waals surface area contributed by atoms with Gasteiger partial charge in [-0.05, 0) is 13.8 Å². The zero-order valence-corrected chi connectivity index (χ0v) is 10.4. The Hall–Kier alpha value is -0.910. The van der Waals surface area contributed by atoms with Crippen LogP contribution in [0.1, 0.15) is 20.3 Å². The fourth-order valence-electron chi connectivity index (χ4n) is 1.09. The van der Waals surface area contributed by atoms with Gasteiger partial charge in [-0.25, -0.2) is 0 Å². The molecule has 7 nitrogen and oxygen atoms in total. The van der Waals surface area contributed by atoms with Crippen LogP contribution in [0.15, 0.2) is 4.99 Å². The molecule has 0 aromatic carbocycles. The minimum absolute atomic E-state index is 0.0840. The van der Waals surface area contributed by atoms with Crippen LogP contribution in [0.4, 0.5) is 0 Å². The third-order valence-electron chi connectivity index (χ3n) is 1.83. The molecule has 0 aromatic heterocycles. The highest BCUT2D eigenvalue weighted by Crippen LogP contribution is 2.34. The van der Waals surface area contributed by atoms with Gasteiger partial charge < -0.3 is 15.5 Å². The lowest BCUT2D eigenvalue weighted by Gasteiger charge is -2.19. The van der Waals surface area contributed by atoms with Crippen molar-refractivity contribution in [3.8, 4) is 0 Å². The van der Waals surface area contributed by atoms with Gasteiger partial charge in [0.25, 0.3) is 0 Å².